The Kier molecular flexibility index (Phi) is 4.73. The lowest BCUT2D eigenvalue weighted by Gasteiger charge is -2.03. The van der Waals surface area contributed by atoms with Crippen LogP contribution in [-0.2, 0) is 4.79 Å². The van der Waals surface area contributed by atoms with Crippen molar-refractivity contribution in [1.29, 1.82) is 0 Å². The van der Waals surface area contributed by atoms with E-state index in [2.05, 4.69) is 27.8 Å². The smallest absolute Gasteiger partial charge is 0.238 e. The quantitative estimate of drug-likeness (QED) is 0.728. The number of carbonyl (C=O) groups is 1. The number of hydrogen-bond donors (Lipinski definition) is 1. The van der Waals surface area contributed by atoms with Gasteiger partial charge in [-0.2, -0.15) is 0 Å². The minimum absolute atomic E-state index is 0.178. The summed E-state index contributed by atoms with van der Waals surface area (Å²) in [6, 6.07) is 0. The van der Waals surface area contributed by atoms with Crippen molar-refractivity contribution in [2.24, 2.45) is 0 Å². The lowest BCUT2D eigenvalue weighted by molar-refractivity contribution is -0.120. The molecule has 1 amide bonds. The van der Waals surface area contributed by atoms with Crippen molar-refractivity contribution in [3.63, 3.8) is 0 Å². The number of carbonyl (C=O) groups excluding carboxylic acids is 1. The van der Waals surface area contributed by atoms with Crippen LogP contribution in [0.4, 0.5) is 0 Å². The molecule has 0 fully saturated rings. The van der Waals surface area contributed by atoms with E-state index in [9.17, 15) is 4.79 Å². The molecule has 2 nitrogen and oxygen atoms in total. The number of hydrogen-bond acceptors (Lipinski definition) is 1. The SMILES string of the molecule is C=C(Br)CNC(=O)C(C)Cl. The maximum Gasteiger partial charge on any atom is 0.238 e. The zero-order valence-corrected chi connectivity index (χ0v) is 8.00. The molecule has 0 aromatic rings. The van der Waals surface area contributed by atoms with Crippen LogP contribution < -0.4 is 5.32 Å². The molecule has 0 radical (unpaired) electrons. The van der Waals surface area contributed by atoms with E-state index in [1.807, 2.05) is 0 Å². The first kappa shape index (κ1) is 9.98. The maximum absolute atomic E-state index is 10.7. The van der Waals surface area contributed by atoms with E-state index in [0.29, 0.717) is 6.54 Å². The lowest BCUT2D eigenvalue weighted by atomic mass is 10.4. The first-order valence-corrected chi connectivity index (χ1v) is 4.02. The highest BCUT2D eigenvalue weighted by molar-refractivity contribution is 9.11. The van der Waals surface area contributed by atoms with Gasteiger partial charge in [0.1, 0.15) is 5.38 Å². The first-order chi connectivity index (χ1) is 4.54. The zero-order valence-electron chi connectivity index (χ0n) is 5.66. The molecule has 0 saturated heterocycles. The zero-order chi connectivity index (χ0) is 8.15. The Morgan fingerprint density at radius 3 is 2.70 bits per heavy atom. The second kappa shape index (κ2) is 4.74. The van der Waals surface area contributed by atoms with Crippen LogP contribution in [0.3, 0.4) is 0 Å². The van der Waals surface area contributed by atoms with Crippen molar-refractivity contribution in [2.75, 3.05) is 6.54 Å². The van der Waals surface area contributed by atoms with E-state index in [1.165, 1.54) is 0 Å². The molecule has 10 heavy (non-hydrogen) atoms. The topological polar surface area (TPSA) is 29.1 Å². The van der Waals surface area contributed by atoms with Crippen molar-refractivity contribution in [1.82, 2.24) is 5.32 Å². The monoisotopic (exact) mass is 225 g/mol. The number of halogens is 2. The van der Waals surface area contributed by atoms with Crippen LogP contribution in [0, 0.1) is 0 Å². The highest BCUT2D eigenvalue weighted by Gasteiger charge is 2.06. The Morgan fingerprint density at radius 1 is 1.90 bits per heavy atom. The Morgan fingerprint density at radius 2 is 2.40 bits per heavy atom. The summed E-state index contributed by atoms with van der Waals surface area (Å²) in [6.45, 7) is 5.59. The second-order valence-electron chi connectivity index (χ2n) is 1.85. The van der Waals surface area contributed by atoms with E-state index in [4.69, 9.17) is 11.6 Å². The van der Waals surface area contributed by atoms with Gasteiger partial charge in [0.15, 0.2) is 0 Å². The molecule has 1 N–H and O–H groups in total. The molecule has 58 valence electrons. The van der Waals surface area contributed by atoms with Gasteiger partial charge in [-0.25, -0.2) is 0 Å². The van der Waals surface area contributed by atoms with Crippen molar-refractivity contribution < 1.29 is 4.79 Å². The van der Waals surface area contributed by atoms with Gasteiger partial charge in [0.05, 0.1) is 0 Å². The summed E-state index contributed by atoms with van der Waals surface area (Å²) in [6.07, 6.45) is 0. The van der Waals surface area contributed by atoms with Crippen molar-refractivity contribution in [2.45, 2.75) is 12.3 Å². The van der Waals surface area contributed by atoms with Crippen LogP contribution in [0.5, 0.6) is 0 Å². The molecule has 4 heteroatoms. The van der Waals surface area contributed by atoms with Crippen LogP contribution in [0.15, 0.2) is 11.1 Å². The van der Waals surface area contributed by atoms with Crippen LogP contribution >= 0.6 is 27.5 Å². The second-order valence-corrected chi connectivity index (χ2v) is 3.63. The summed E-state index contributed by atoms with van der Waals surface area (Å²) < 4.78 is 0.734. The Hall–Kier alpha value is -0.0200. The molecule has 0 aromatic carbocycles. The fourth-order valence-electron chi connectivity index (χ4n) is 0.324. The Labute approximate surface area is 73.8 Å². The molecule has 1 unspecified atom stereocenters. The van der Waals surface area contributed by atoms with Gasteiger partial charge < -0.3 is 5.32 Å². The molecule has 0 saturated carbocycles. The number of nitrogens with one attached hydrogen (secondary N) is 1. The predicted molar refractivity (Wildman–Crippen MR) is 46.4 cm³/mol. The fraction of sp³-hybridized carbons (Fsp3) is 0.500. The van der Waals surface area contributed by atoms with Crippen molar-refractivity contribution in [3.8, 4) is 0 Å². The van der Waals surface area contributed by atoms with Gasteiger partial charge >= 0.3 is 0 Å². The molecule has 0 aliphatic carbocycles. The molecule has 0 bridgehead atoms. The highest BCUT2D eigenvalue weighted by Crippen LogP contribution is 1.98. The molecule has 1 atom stereocenters. The third-order valence-corrected chi connectivity index (χ3v) is 1.29. The summed E-state index contributed by atoms with van der Waals surface area (Å²) in [5.41, 5.74) is 0. The van der Waals surface area contributed by atoms with Gasteiger partial charge in [-0.15, -0.1) is 11.6 Å². The molecule has 0 aromatic heterocycles. The first-order valence-electron chi connectivity index (χ1n) is 2.79. The molecule has 0 heterocycles. The number of rotatable bonds is 3. The number of amides is 1. The average molecular weight is 227 g/mol. The fourth-order valence-corrected chi connectivity index (χ4v) is 0.541. The van der Waals surface area contributed by atoms with E-state index in [1.54, 1.807) is 6.92 Å². The molecule has 0 aliphatic rings. The van der Waals surface area contributed by atoms with Crippen LogP contribution in [0.1, 0.15) is 6.92 Å². The van der Waals surface area contributed by atoms with Gasteiger partial charge in [0, 0.05) is 11.0 Å². The van der Waals surface area contributed by atoms with E-state index in [-0.39, 0.29) is 5.91 Å². The van der Waals surface area contributed by atoms with Gasteiger partial charge in [0.2, 0.25) is 5.91 Å². The van der Waals surface area contributed by atoms with Crippen LogP contribution in [0.25, 0.3) is 0 Å². The molecule has 0 rings (SSSR count). The minimum atomic E-state index is -0.480. The summed E-state index contributed by atoms with van der Waals surface area (Å²) in [5.74, 6) is -0.178. The van der Waals surface area contributed by atoms with E-state index in [0.717, 1.165) is 4.48 Å². The molecule has 0 aliphatic heterocycles. The third-order valence-electron chi connectivity index (χ3n) is 0.816. The molecular formula is C6H9BrClNO. The standard InChI is InChI=1S/C6H9BrClNO/c1-4(7)3-9-6(10)5(2)8/h5H,1,3H2,2H3,(H,9,10). The van der Waals surface area contributed by atoms with Gasteiger partial charge in [-0.3, -0.25) is 4.79 Å². The third kappa shape index (κ3) is 4.82. The van der Waals surface area contributed by atoms with Crippen LogP contribution in [-0.4, -0.2) is 17.8 Å². The molecular weight excluding hydrogens is 217 g/mol. The highest BCUT2D eigenvalue weighted by atomic mass is 79.9. The minimum Gasteiger partial charge on any atom is -0.350 e. The van der Waals surface area contributed by atoms with Gasteiger partial charge in [-0.05, 0) is 6.92 Å². The molecule has 0 spiro atoms. The van der Waals surface area contributed by atoms with E-state index >= 15 is 0 Å². The Bertz CT molecular complexity index is 147. The normalized spacial score (nSPS) is 12.3. The number of alkyl halides is 1. The predicted octanol–water partition coefficient (Wildman–Crippen LogP) is 1.64. The maximum atomic E-state index is 10.7. The van der Waals surface area contributed by atoms with Crippen molar-refractivity contribution in [3.05, 3.63) is 11.1 Å². The van der Waals surface area contributed by atoms with E-state index < -0.39 is 5.38 Å². The summed E-state index contributed by atoms with van der Waals surface area (Å²) >= 11 is 8.55. The summed E-state index contributed by atoms with van der Waals surface area (Å²) in [7, 11) is 0. The van der Waals surface area contributed by atoms with Crippen molar-refractivity contribution >= 4 is 33.4 Å². The average Bonchev–Trinajstić information content (AvgIpc) is 1.82. The Balaban J connectivity index is 3.50. The summed E-state index contributed by atoms with van der Waals surface area (Å²) in [5, 5.41) is 2.08. The summed E-state index contributed by atoms with van der Waals surface area (Å²) in [4.78, 5) is 10.7. The van der Waals surface area contributed by atoms with Crippen LogP contribution in [0.2, 0.25) is 0 Å². The lowest BCUT2D eigenvalue weighted by Crippen LogP contribution is -2.30. The van der Waals surface area contributed by atoms with Gasteiger partial charge in [-0.1, -0.05) is 22.5 Å². The van der Waals surface area contributed by atoms with Gasteiger partial charge in [0.25, 0.3) is 0 Å². The largest absolute Gasteiger partial charge is 0.350 e.